The van der Waals surface area contributed by atoms with Crippen LogP contribution in [0, 0.1) is 5.92 Å². The van der Waals surface area contributed by atoms with Crippen molar-refractivity contribution in [3.05, 3.63) is 34.3 Å². The molecule has 1 heterocycles. The van der Waals surface area contributed by atoms with Crippen molar-refractivity contribution >= 4 is 27.9 Å². The lowest BCUT2D eigenvalue weighted by Gasteiger charge is -2.33. The summed E-state index contributed by atoms with van der Waals surface area (Å²) in [6.45, 7) is 4.68. The van der Waals surface area contributed by atoms with Gasteiger partial charge in [0, 0.05) is 31.2 Å². The lowest BCUT2D eigenvalue weighted by atomic mass is 9.97. The van der Waals surface area contributed by atoms with Crippen LogP contribution in [0.5, 0.6) is 0 Å². The summed E-state index contributed by atoms with van der Waals surface area (Å²) < 4.78 is 6.19. The summed E-state index contributed by atoms with van der Waals surface area (Å²) >= 11 is 3.44. The SMILES string of the molecule is CCOC(=O)C1CCN(C(=NC)NCc2ccc(Br)cc2)CC1. The number of hydrogen-bond acceptors (Lipinski definition) is 3. The summed E-state index contributed by atoms with van der Waals surface area (Å²) in [5.74, 6) is 0.843. The Balaban J connectivity index is 1.83. The number of aliphatic imine (C=N–C) groups is 1. The molecule has 2 rings (SSSR count). The number of likely N-dealkylation sites (tertiary alicyclic amines) is 1. The lowest BCUT2D eigenvalue weighted by Crippen LogP contribution is -2.46. The molecule has 0 atom stereocenters. The summed E-state index contributed by atoms with van der Waals surface area (Å²) in [4.78, 5) is 18.4. The molecule has 0 amide bonds. The minimum atomic E-state index is -0.0649. The van der Waals surface area contributed by atoms with E-state index in [2.05, 4.69) is 43.3 Å². The molecule has 1 fully saturated rings. The molecule has 0 unspecified atom stereocenters. The number of nitrogens with zero attached hydrogens (tertiary/aromatic N) is 2. The average Bonchev–Trinajstić information content (AvgIpc) is 2.58. The lowest BCUT2D eigenvalue weighted by molar-refractivity contribution is -0.149. The van der Waals surface area contributed by atoms with Crippen molar-refractivity contribution in [3.63, 3.8) is 0 Å². The van der Waals surface area contributed by atoms with Crippen LogP contribution >= 0.6 is 15.9 Å². The monoisotopic (exact) mass is 381 g/mol. The second-order valence-corrected chi connectivity index (χ2v) is 6.46. The maximum Gasteiger partial charge on any atom is 0.309 e. The largest absolute Gasteiger partial charge is 0.466 e. The number of guanidine groups is 1. The van der Waals surface area contributed by atoms with Crippen molar-refractivity contribution in [2.45, 2.75) is 26.3 Å². The smallest absolute Gasteiger partial charge is 0.309 e. The molecular formula is C17H24BrN3O2. The molecule has 1 aliphatic heterocycles. The van der Waals surface area contributed by atoms with Crippen LogP contribution in [0.3, 0.4) is 0 Å². The Kier molecular flexibility index (Phi) is 6.89. The first kappa shape index (κ1) is 17.8. The molecule has 0 radical (unpaired) electrons. The first-order chi connectivity index (χ1) is 11.1. The third kappa shape index (κ3) is 5.23. The Morgan fingerprint density at radius 3 is 2.57 bits per heavy atom. The van der Waals surface area contributed by atoms with Crippen LogP contribution in [-0.4, -0.2) is 43.6 Å². The first-order valence-electron chi connectivity index (χ1n) is 8.00. The van der Waals surface area contributed by atoms with E-state index in [0.717, 1.165) is 42.9 Å². The average molecular weight is 382 g/mol. The first-order valence-corrected chi connectivity index (χ1v) is 8.80. The normalized spacial score (nSPS) is 16.3. The number of hydrogen-bond donors (Lipinski definition) is 1. The number of carbonyl (C=O) groups excluding carboxylic acids is 1. The summed E-state index contributed by atoms with van der Waals surface area (Å²) in [5, 5.41) is 3.39. The molecule has 1 saturated heterocycles. The van der Waals surface area contributed by atoms with Crippen LogP contribution in [0.15, 0.2) is 33.7 Å². The van der Waals surface area contributed by atoms with Gasteiger partial charge in [-0.25, -0.2) is 0 Å². The highest BCUT2D eigenvalue weighted by Crippen LogP contribution is 2.19. The maximum absolute atomic E-state index is 11.8. The molecular weight excluding hydrogens is 358 g/mol. The topological polar surface area (TPSA) is 53.9 Å². The zero-order valence-electron chi connectivity index (χ0n) is 13.7. The Morgan fingerprint density at radius 2 is 2.00 bits per heavy atom. The number of halogens is 1. The third-order valence-electron chi connectivity index (χ3n) is 3.99. The van der Waals surface area contributed by atoms with Crippen molar-refractivity contribution < 1.29 is 9.53 Å². The van der Waals surface area contributed by atoms with E-state index in [1.165, 1.54) is 5.56 Å². The van der Waals surface area contributed by atoms with Gasteiger partial charge in [-0.15, -0.1) is 0 Å². The predicted molar refractivity (Wildman–Crippen MR) is 95.3 cm³/mol. The van der Waals surface area contributed by atoms with Gasteiger partial charge in [-0.3, -0.25) is 9.79 Å². The van der Waals surface area contributed by atoms with Crippen LogP contribution in [0.25, 0.3) is 0 Å². The van der Waals surface area contributed by atoms with E-state index >= 15 is 0 Å². The number of carbonyl (C=O) groups is 1. The second-order valence-electron chi connectivity index (χ2n) is 5.54. The molecule has 0 aliphatic carbocycles. The fourth-order valence-electron chi connectivity index (χ4n) is 2.70. The van der Waals surface area contributed by atoms with E-state index < -0.39 is 0 Å². The maximum atomic E-state index is 11.8. The highest BCUT2D eigenvalue weighted by molar-refractivity contribution is 9.10. The molecule has 6 heteroatoms. The summed E-state index contributed by atoms with van der Waals surface area (Å²) in [6, 6.07) is 8.23. The van der Waals surface area contributed by atoms with Crippen LogP contribution in [0.2, 0.25) is 0 Å². The molecule has 1 aromatic rings. The van der Waals surface area contributed by atoms with Crippen molar-refractivity contribution in [3.8, 4) is 0 Å². The fraction of sp³-hybridized carbons (Fsp3) is 0.529. The van der Waals surface area contributed by atoms with Gasteiger partial charge >= 0.3 is 5.97 Å². The third-order valence-corrected chi connectivity index (χ3v) is 4.52. The molecule has 1 aliphatic rings. The van der Waals surface area contributed by atoms with Gasteiger partial charge in [-0.2, -0.15) is 0 Å². The van der Waals surface area contributed by atoms with Crippen LogP contribution in [0.4, 0.5) is 0 Å². The number of esters is 1. The molecule has 0 saturated carbocycles. The van der Waals surface area contributed by atoms with Gasteiger partial charge in [0.2, 0.25) is 0 Å². The Bertz CT molecular complexity index is 537. The number of ether oxygens (including phenoxy) is 1. The van der Waals surface area contributed by atoms with Crippen LogP contribution in [0.1, 0.15) is 25.3 Å². The highest BCUT2D eigenvalue weighted by Gasteiger charge is 2.27. The standard InChI is InChI=1S/C17H24BrN3O2/c1-3-23-16(22)14-8-10-21(11-9-14)17(19-2)20-12-13-4-6-15(18)7-5-13/h4-7,14H,3,8-12H2,1-2H3,(H,19,20). The van der Waals surface area contributed by atoms with E-state index in [1.807, 2.05) is 19.1 Å². The van der Waals surface area contributed by atoms with Gasteiger partial charge in [0.1, 0.15) is 0 Å². The van der Waals surface area contributed by atoms with Gasteiger partial charge in [0.25, 0.3) is 0 Å². The predicted octanol–water partition coefficient (Wildman–Crippen LogP) is 2.80. The van der Waals surface area contributed by atoms with Gasteiger partial charge in [-0.05, 0) is 37.5 Å². The minimum Gasteiger partial charge on any atom is -0.466 e. The van der Waals surface area contributed by atoms with E-state index in [9.17, 15) is 4.79 Å². The number of benzene rings is 1. The van der Waals surface area contributed by atoms with Gasteiger partial charge in [0.15, 0.2) is 5.96 Å². The summed E-state index contributed by atoms with van der Waals surface area (Å²) in [6.07, 6.45) is 1.63. The summed E-state index contributed by atoms with van der Waals surface area (Å²) in [5.41, 5.74) is 1.20. The van der Waals surface area contributed by atoms with Gasteiger partial charge in [0.05, 0.1) is 12.5 Å². The Hall–Kier alpha value is -1.56. The van der Waals surface area contributed by atoms with Crippen molar-refractivity contribution in [1.29, 1.82) is 0 Å². The summed E-state index contributed by atoms with van der Waals surface area (Å²) in [7, 11) is 1.79. The number of nitrogens with one attached hydrogen (secondary N) is 1. The number of rotatable bonds is 4. The zero-order chi connectivity index (χ0) is 16.7. The highest BCUT2D eigenvalue weighted by atomic mass is 79.9. The molecule has 0 spiro atoms. The molecule has 126 valence electrons. The molecule has 23 heavy (non-hydrogen) atoms. The Morgan fingerprint density at radius 1 is 1.35 bits per heavy atom. The molecule has 0 aromatic heterocycles. The fourth-order valence-corrected chi connectivity index (χ4v) is 2.97. The second kappa shape index (κ2) is 8.91. The van der Waals surface area contributed by atoms with Crippen molar-refractivity contribution in [1.82, 2.24) is 10.2 Å². The van der Waals surface area contributed by atoms with Gasteiger partial charge < -0.3 is 15.0 Å². The van der Waals surface area contributed by atoms with Crippen LogP contribution < -0.4 is 5.32 Å². The van der Waals surface area contributed by atoms with E-state index in [1.54, 1.807) is 7.05 Å². The quantitative estimate of drug-likeness (QED) is 0.494. The van der Waals surface area contributed by atoms with E-state index in [4.69, 9.17) is 4.74 Å². The molecule has 1 N–H and O–H groups in total. The van der Waals surface area contributed by atoms with Gasteiger partial charge in [-0.1, -0.05) is 28.1 Å². The van der Waals surface area contributed by atoms with Crippen molar-refractivity contribution in [2.24, 2.45) is 10.9 Å². The van der Waals surface area contributed by atoms with E-state index in [-0.39, 0.29) is 11.9 Å². The zero-order valence-corrected chi connectivity index (χ0v) is 15.3. The van der Waals surface area contributed by atoms with Crippen molar-refractivity contribution in [2.75, 3.05) is 26.7 Å². The molecule has 5 nitrogen and oxygen atoms in total. The molecule has 0 bridgehead atoms. The van der Waals surface area contributed by atoms with Crippen LogP contribution in [-0.2, 0) is 16.1 Å². The Labute approximate surface area is 146 Å². The minimum absolute atomic E-state index is 0.0239. The molecule has 1 aromatic carbocycles. The van der Waals surface area contributed by atoms with E-state index in [0.29, 0.717) is 6.61 Å². The number of piperidine rings is 1.